The van der Waals surface area contributed by atoms with Crippen molar-refractivity contribution in [3.8, 4) is 0 Å². The monoisotopic (exact) mass is 312 g/mol. The third kappa shape index (κ3) is 5.13. The number of carbonyl (C=O) groups excluding carboxylic acids is 1. The Bertz CT molecular complexity index is 335. The van der Waals surface area contributed by atoms with Gasteiger partial charge in [-0.3, -0.25) is 0 Å². The second-order valence-electron chi connectivity index (χ2n) is 7.18. The number of carbonyl (C=O) groups is 1. The number of rotatable bonds is 7. The average Bonchev–Trinajstić information content (AvgIpc) is 3.01. The summed E-state index contributed by atoms with van der Waals surface area (Å²) in [6.07, 6.45) is 9.93. The molecule has 2 saturated carbocycles. The first-order valence-electron chi connectivity index (χ1n) is 8.81. The molecule has 3 N–H and O–H groups in total. The minimum atomic E-state index is -0.0314. The zero-order valence-corrected chi connectivity index (χ0v) is 13.9. The van der Waals surface area contributed by atoms with Gasteiger partial charge in [-0.2, -0.15) is 0 Å². The normalized spacial score (nSPS) is 27.5. The van der Waals surface area contributed by atoms with Crippen molar-refractivity contribution in [2.75, 3.05) is 26.9 Å². The van der Waals surface area contributed by atoms with Crippen molar-refractivity contribution in [2.45, 2.75) is 63.8 Å². The van der Waals surface area contributed by atoms with Crippen LogP contribution in [-0.4, -0.2) is 44.0 Å². The summed E-state index contributed by atoms with van der Waals surface area (Å²) in [5, 5.41) is 15.3. The van der Waals surface area contributed by atoms with Crippen LogP contribution in [0.15, 0.2) is 0 Å². The maximum atomic E-state index is 12.1. The summed E-state index contributed by atoms with van der Waals surface area (Å²) in [4.78, 5) is 12.1. The van der Waals surface area contributed by atoms with Crippen molar-refractivity contribution in [1.29, 1.82) is 0 Å². The molecule has 0 saturated heterocycles. The fraction of sp³-hybridized carbons (Fsp3) is 0.941. The minimum absolute atomic E-state index is 0.0314. The van der Waals surface area contributed by atoms with E-state index >= 15 is 0 Å². The van der Waals surface area contributed by atoms with E-state index in [0.717, 1.165) is 45.3 Å². The molecule has 0 heterocycles. The second kappa shape index (κ2) is 8.73. The van der Waals surface area contributed by atoms with E-state index in [0.29, 0.717) is 5.92 Å². The molecule has 2 aliphatic rings. The number of hydrogen-bond acceptors (Lipinski definition) is 3. The highest BCUT2D eigenvalue weighted by Gasteiger charge is 2.34. The second-order valence-corrected chi connectivity index (χ2v) is 7.18. The molecule has 0 aromatic carbocycles. The summed E-state index contributed by atoms with van der Waals surface area (Å²) < 4.78 is 5.23. The van der Waals surface area contributed by atoms with Crippen LogP contribution in [0.2, 0.25) is 0 Å². The smallest absolute Gasteiger partial charge is 0.315 e. The van der Waals surface area contributed by atoms with Gasteiger partial charge in [0.05, 0.1) is 0 Å². The fourth-order valence-electron chi connectivity index (χ4n) is 3.95. The third-order valence-electron chi connectivity index (χ3n) is 5.56. The highest BCUT2D eigenvalue weighted by atomic mass is 16.5. The molecule has 0 bridgehead atoms. The summed E-state index contributed by atoms with van der Waals surface area (Å²) in [6.45, 7) is 1.81. The van der Waals surface area contributed by atoms with Crippen LogP contribution in [0.1, 0.15) is 57.8 Å². The predicted molar refractivity (Wildman–Crippen MR) is 86.8 cm³/mol. The molecule has 0 unspecified atom stereocenters. The lowest BCUT2D eigenvalue weighted by Crippen LogP contribution is -2.47. The van der Waals surface area contributed by atoms with Crippen molar-refractivity contribution in [3.05, 3.63) is 0 Å². The van der Waals surface area contributed by atoms with Crippen LogP contribution in [0.25, 0.3) is 0 Å². The summed E-state index contributed by atoms with van der Waals surface area (Å²) in [5.41, 5.74) is 0.238. The van der Waals surface area contributed by atoms with E-state index in [4.69, 9.17) is 9.84 Å². The van der Waals surface area contributed by atoms with Gasteiger partial charge in [-0.1, -0.05) is 12.8 Å². The zero-order valence-electron chi connectivity index (χ0n) is 13.9. The fourth-order valence-corrected chi connectivity index (χ4v) is 3.95. The van der Waals surface area contributed by atoms with Gasteiger partial charge >= 0.3 is 6.03 Å². The number of urea groups is 1. The van der Waals surface area contributed by atoms with Gasteiger partial charge in [0.2, 0.25) is 0 Å². The molecular formula is C17H32N2O3. The molecule has 0 spiro atoms. The van der Waals surface area contributed by atoms with E-state index in [1.165, 1.54) is 25.7 Å². The Morgan fingerprint density at radius 1 is 1.23 bits per heavy atom. The molecule has 2 amide bonds. The molecule has 2 aliphatic carbocycles. The minimum Gasteiger partial charge on any atom is -0.396 e. The molecule has 0 aliphatic heterocycles. The van der Waals surface area contributed by atoms with Gasteiger partial charge in [-0.05, 0) is 56.3 Å². The Morgan fingerprint density at radius 3 is 2.50 bits per heavy atom. The molecule has 0 aromatic rings. The van der Waals surface area contributed by atoms with Crippen LogP contribution in [0.4, 0.5) is 4.79 Å². The highest BCUT2D eigenvalue weighted by molar-refractivity contribution is 5.74. The number of nitrogens with one attached hydrogen (secondary N) is 2. The lowest BCUT2D eigenvalue weighted by Gasteiger charge is -2.31. The maximum Gasteiger partial charge on any atom is 0.315 e. The van der Waals surface area contributed by atoms with E-state index in [9.17, 15) is 4.79 Å². The first-order valence-corrected chi connectivity index (χ1v) is 8.81. The van der Waals surface area contributed by atoms with Crippen LogP contribution in [0.5, 0.6) is 0 Å². The van der Waals surface area contributed by atoms with Crippen LogP contribution < -0.4 is 10.6 Å². The molecule has 128 valence electrons. The quantitative estimate of drug-likeness (QED) is 0.676. The Hall–Kier alpha value is -0.810. The number of amides is 2. The van der Waals surface area contributed by atoms with Gasteiger partial charge in [-0.25, -0.2) is 4.79 Å². The summed E-state index contributed by atoms with van der Waals surface area (Å²) in [7, 11) is 1.74. The first-order chi connectivity index (χ1) is 10.7. The third-order valence-corrected chi connectivity index (χ3v) is 5.56. The summed E-state index contributed by atoms with van der Waals surface area (Å²) >= 11 is 0. The maximum absolute atomic E-state index is 12.1. The van der Waals surface area contributed by atoms with Gasteiger partial charge < -0.3 is 20.5 Å². The molecule has 0 radical (unpaired) electrons. The standard InChI is InChI=1S/C17H32N2O3/c1-22-11-10-17(8-2-3-9-17)13-18-16(21)19-15-6-4-14(12-20)5-7-15/h14-15,20H,2-13H2,1H3,(H2,18,19,21). The Labute approximate surface area is 134 Å². The lowest BCUT2D eigenvalue weighted by atomic mass is 9.83. The van der Waals surface area contributed by atoms with Crippen molar-refractivity contribution >= 4 is 6.03 Å². The van der Waals surface area contributed by atoms with Crippen LogP contribution in [0.3, 0.4) is 0 Å². The number of ether oxygens (including phenoxy) is 1. The van der Waals surface area contributed by atoms with E-state index in [1.807, 2.05) is 0 Å². The van der Waals surface area contributed by atoms with Crippen LogP contribution >= 0.6 is 0 Å². The zero-order chi connectivity index (χ0) is 15.8. The number of aliphatic hydroxyl groups excluding tert-OH is 1. The van der Waals surface area contributed by atoms with Crippen LogP contribution in [-0.2, 0) is 4.74 Å². The van der Waals surface area contributed by atoms with Gasteiger partial charge in [0, 0.05) is 32.9 Å². The average molecular weight is 312 g/mol. The Balaban J connectivity index is 1.70. The molecule has 22 heavy (non-hydrogen) atoms. The van der Waals surface area contributed by atoms with E-state index < -0.39 is 0 Å². The van der Waals surface area contributed by atoms with Crippen molar-refractivity contribution in [1.82, 2.24) is 10.6 Å². The van der Waals surface area contributed by atoms with Gasteiger partial charge in [-0.15, -0.1) is 0 Å². The lowest BCUT2D eigenvalue weighted by molar-refractivity contribution is 0.135. The predicted octanol–water partition coefficient (Wildman–Crippen LogP) is 2.43. The number of aliphatic hydroxyl groups is 1. The van der Waals surface area contributed by atoms with Crippen LogP contribution in [0, 0.1) is 11.3 Å². The largest absolute Gasteiger partial charge is 0.396 e. The van der Waals surface area contributed by atoms with Crippen molar-refractivity contribution in [2.24, 2.45) is 11.3 Å². The van der Waals surface area contributed by atoms with Gasteiger partial charge in [0.1, 0.15) is 0 Å². The van der Waals surface area contributed by atoms with E-state index in [2.05, 4.69) is 10.6 Å². The SMILES string of the molecule is COCCC1(CNC(=O)NC2CCC(CO)CC2)CCCC1. The van der Waals surface area contributed by atoms with E-state index in [-0.39, 0.29) is 24.1 Å². The number of hydrogen-bond donors (Lipinski definition) is 3. The Kier molecular flexibility index (Phi) is 6.96. The summed E-state index contributed by atoms with van der Waals surface area (Å²) in [5.74, 6) is 0.428. The van der Waals surface area contributed by atoms with Gasteiger partial charge in [0.25, 0.3) is 0 Å². The first kappa shape index (κ1) is 17.5. The topological polar surface area (TPSA) is 70.6 Å². The van der Waals surface area contributed by atoms with Crippen molar-refractivity contribution < 1.29 is 14.6 Å². The number of methoxy groups -OCH3 is 1. The Morgan fingerprint density at radius 2 is 1.91 bits per heavy atom. The summed E-state index contributed by atoms with van der Waals surface area (Å²) in [6, 6.07) is 0.234. The van der Waals surface area contributed by atoms with Crippen molar-refractivity contribution in [3.63, 3.8) is 0 Å². The van der Waals surface area contributed by atoms with Gasteiger partial charge in [0.15, 0.2) is 0 Å². The molecule has 2 fully saturated rings. The molecule has 2 rings (SSSR count). The molecule has 5 nitrogen and oxygen atoms in total. The molecular weight excluding hydrogens is 280 g/mol. The highest BCUT2D eigenvalue weighted by Crippen LogP contribution is 2.40. The molecule has 0 aromatic heterocycles. The molecule has 0 atom stereocenters. The molecule has 5 heteroatoms. The van der Waals surface area contributed by atoms with E-state index in [1.54, 1.807) is 7.11 Å².